The highest BCUT2D eigenvalue weighted by Crippen LogP contribution is 2.18. The number of esters is 2. The van der Waals surface area contributed by atoms with Crippen LogP contribution < -0.4 is 5.32 Å². The number of aryl methyl sites for hydroxylation is 1. The number of carbonyl (C=O) groups excluding carboxylic acids is 3. The molecule has 0 atom stereocenters. The maximum absolute atomic E-state index is 12.2. The molecule has 8 heteroatoms. The number of methoxy groups -OCH3 is 1. The molecule has 0 aliphatic carbocycles. The molecule has 0 bridgehead atoms. The van der Waals surface area contributed by atoms with Gasteiger partial charge in [-0.15, -0.1) is 0 Å². The molecule has 0 aliphatic rings. The molecule has 2 aromatic carbocycles. The zero-order valence-corrected chi connectivity index (χ0v) is 15.9. The zero-order chi connectivity index (χ0) is 20.8. The molecule has 3 aromatic rings. The van der Waals surface area contributed by atoms with Gasteiger partial charge < -0.3 is 14.8 Å². The van der Waals surface area contributed by atoms with Crippen LogP contribution in [0.4, 0.5) is 5.69 Å². The Morgan fingerprint density at radius 3 is 2.52 bits per heavy atom. The van der Waals surface area contributed by atoms with Gasteiger partial charge in [0, 0.05) is 11.3 Å². The molecule has 0 fully saturated rings. The number of aromatic nitrogens is 2. The number of benzene rings is 2. The number of nitrogens with zero attached hydrogens (tertiary/aromatic N) is 1. The first kappa shape index (κ1) is 19.8. The zero-order valence-electron chi connectivity index (χ0n) is 15.9. The lowest BCUT2D eigenvalue weighted by Crippen LogP contribution is -2.21. The number of carbonyl (C=O) groups is 3. The minimum atomic E-state index is -0.699. The molecular formula is C21H19N3O5. The van der Waals surface area contributed by atoms with Gasteiger partial charge in [-0.05, 0) is 30.7 Å². The van der Waals surface area contributed by atoms with E-state index in [4.69, 9.17) is 4.74 Å². The van der Waals surface area contributed by atoms with Crippen molar-refractivity contribution < 1.29 is 23.9 Å². The van der Waals surface area contributed by atoms with E-state index in [1.165, 1.54) is 13.2 Å². The first-order valence-corrected chi connectivity index (χ1v) is 8.74. The Bertz CT molecular complexity index is 1040. The van der Waals surface area contributed by atoms with E-state index in [0.717, 1.165) is 11.1 Å². The van der Waals surface area contributed by atoms with Crippen molar-refractivity contribution in [3.05, 3.63) is 71.4 Å². The number of ether oxygens (including phenoxy) is 2. The number of hydrogen-bond donors (Lipinski definition) is 2. The van der Waals surface area contributed by atoms with E-state index in [9.17, 15) is 14.4 Å². The summed E-state index contributed by atoms with van der Waals surface area (Å²) in [5.74, 6) is -1.75. The number of amides is 1. The van der Waals surface area contributed by atoms with Gasteiger partial charge in [0.15, 0.2) is 6.61 Å². The molecule has 0 aliphatic heterocycles. The summed E-state index contributed by atoms with van der Waals surface area (Å²) in [7, 11) is 1.28. The number of hydrogen-bond acceptors (Lipinski definition) is 6. The van der Waals surface area contributed by atoms with Crippen LogP contribution in [0.25, 0.3) is 11.3 Å². The van der Waals surface area contributed by atoms with Crippen LogP contribution in [0.3, 0.4) is 0 Å². The summed E-state index contributed by atoms with van der Waals surface area (Å²) in [4.78, 5) is 35.9. The van der Waals surface area contributed by atoms with Crippen molar-refractivity contribution in [1.82, 2.24) is 10.2 Å². The van der Waals surface area contributed by atoms with E-state index in [2.05, 4.69) is 20.3 Å². The van der Waals surface area contributed by atoms with Crippen molar-refractivity contribution in [3.8, 4) is 11.3 Å². The number of nitrogens with one attached hydrogen (secondary N) is 2. The van der Waals surface area contributed by atoms with Gasteiger partial charge in [0.25, 0.3) is 5.91 Å². The van der Waals surface area contributed by atoms with Crippen LogP contribution in [0, 0.1) is 6.92 Å². The minimum absolute atomic E-state index is 0.139. The molecule has 0 saturated heterocycles. The molecule has 29 heavy (non-hydrogen) atoms. The largest absolute Gasteiger partial charge is 0.465 e. The van der Waals surface area contributed by atoms with Crippen LogP contribution in [0.15, 0.2) is 54.6 Å². The molecule has 0 unspecified atom stereocenters. The lowest BCUT2D eigenvalue weighted by Gasteiger charge is -2.10. The van der Waals surface area contributed by atoms with Crippen LogP contribution >= 0.6 is 0 Å². The van der Waals surface area contributed by atoms with Crippen LogP contribution in [0.1, 0.15) is 26.4 Å². The van der Waals surface area contributed by atoms with Gasteiger partial charge in [0.2, 0.25) is 0 Å². The second kappa shape index (κ2) is 8.83. The molecule has 1 aromatic heterocycles. The highest BCUT2D eigenvalue weighted by atomic mass is 16.5. The Kier molecular flexibility index (Phi) is 6.03. The average molecular weight is 393 g/mol. The summed E-state index contributed by atoms with van der Waals surface area (Å²) in [6, 6.07) is 15.7. The van der Waals surface area contributed by atoms with Gasteiger partial charge in [0.05, 0.1) is 18.4 Å². The van der Waals surface area contributed by atoms with E-state index in [1.54, 1.807) is 25.1 Å². The summed E-state index contributed by atoms with van der Waals surface area (Å²) in [6.45, 7) is 1.29. The van der Waals surface area contributed by atoms with Crippen molar-refractivity contribution in [3.63, 3.8) is 0 Å². The smallest absolute Gasteiger partial charge is 0.356 e. The van der Waals surface area contributed by atoms with Gasteiger partial charge in [-0.2, -0.15) is 5.10 Å². The third-order valence-corrected chi connectivity index (χ3v) is 4.13. The molecular weight excluding hydrogens is 374 g/mol. The molecule has 0 radical (unpaired) electrons. The Labute approximate surface area is 166 Å². The average Bonchev–Trinajstić information content (AvgIpc) is 3.24. The normalized spacial score (nSPS) is 10.3. The Morgan fingerprint density at radius 2 is 1.79 bits per heavy atom. The molecule has 2 N–H and O–H groups in total. The molecule has 8 nitrogen and oxygen atoms in total. The second-order valence-corrected chi connectivity index (χ2v) is 6.18. The van der Waals surface area contributed by atoms with E-state index in [1.807, 2.05) is 30.3 Å². The topological polar surface area (TPSA) is 110 Å². The van der Waals surface area contributed by atoms with Crippen LogP contribution in [0.5, 0.6) is 0 Å². The molecule has 0 spiro atoms. The molecule has 1 amide bonds. The Hall–Kier alpha value is -3.94. The van der Waals surface area contributed by atoms with E-state index in [0.29, 0.717) is 16.9 Å². The number of rotatable bonds is 6. The van der Waals surface area contributed by atoms with Gasteiger partial charge in [-0.25, -0.2) is 9.59 Å². The van der Waals surface area contributed by atoms with Crippen molar-refractivity contribution in [1.29, 1.82) is 0 Å². The summed E-state index contributed by atoms with van der Waals surface area (Å²) < 4.78 is 9.70. The maximum atomic E-state index is 12.2. The lowest BCUT2D eigenvalue weighted by molar-refractivity contribution is -0.119. The monoisotopic (exact) mass is 393 g/mol. The Balaban J connectivity index is 1.59. The van der Waals surface area contributed by atoms with E-state index < -0.39 is 24.5 Å². The highest BCUT2D eigenvalue weighted by molar-refractivity contribution is 5.97. The van der Waals surface area contributed by atoms with Gasteiger partial charge in [0.1, 0.15) is 5.69 Å². The summed E-state index contributed by atoms with van der Waals surface area (Å²) in [5.41, 5.74) is 3.07. The van der Waals surface area contributed by atoms with E-state index >= 15 is 0 Å². The van der Waals surface area contributed by atoms with Crippen molar-refractivity contribution in [2.45, 2.75) is 6.92 Å². The lowest BCUT2D eigenvalue weighted by atomic mass is 10.1. The predicted octanol–water partition coefficient (Wildman–Crippen LogP) is 2.97. The fourth-order valence-electron chi connectivity index (χ4n) is 2.58. The van der Waals surface area contributed by atoms with Gasteiger partial charge in [-0.1, -0.05) is 36.4 Å². The minimum Gasteiger partial charge on any atom is -0.465 e. The fraction of sp³-hybridized carbons (Fsp3) is 0.143. The summed E-state index contributed by atoms with van der Waals surface area (Å²) >= 11 is 0. The van der Waals surface area contributed by atoms with E-state index in [-0.39, 0.29) is 5.69 Å². The number of anilines is 1. The second-order valence-electron chi connectivity index (χ2n) is 6.18. The van der Waals surface area contributed by atoms with Crippen LogP contribution in [-0.4, -0.2) is 41.8 Å². The van der Waals surface area contributed by atoms with Crippen molar-refractivity contribution in [2.75, 3.05) is 19.0 Å². The first-order valence-electron chi connectivity index (χ1n) is 8.74. The van der Waals surface area contributed by atoms with Crippen molar-refractivity contribution >= 4 is 23.5 Å². The third-order valence-electron chi connectivity index (χ3n) is 4.13. The number of aromatic amines is 1. The standard InChI is InChI=1S/C21H19N3O5/c1-13-8-9-15(20(26)28-2)10-16(13)22-19(25)12-29-21(27)18-11-17(23-24-18)14-6-4-3-5-7-14/h3-11H,12H2,1-2H3,(H,22,25)(H,23,24). The summed E-state index contributed by atoms with van der Waals surface area (Å²) in [5, 5.41) is 9.30. The quantitative estimate of drug-likeness (QED) is 0.623. The van der Waals surface area contributed by atoms with Gasteiger partial charge >= 0.3 is 11.9 Å². The number of H-pyrrole nitrogens is 1. The van der Waals surface area contributed by atoms with Crippen molar-refractivity contribution in [2.24, 2.45) is 0 Å². The molecule has 3 rings (SSSR count). The maximum Gasteiger partial charge on any atom is 0.356 e. The fourth-order valence-corrected chi connectivity index (χ4v) is 2.58. The summed E-state index contributed by atoms with van der Waals surface area (Å²) in [6.07, 6.45) is 0. The predicted molar refractivity (Wildman–Crippen MR) is 105 cm³/mol. The van der Waals surface area contributed by atoms with Crippen LogP contribution in [0.2, 0.25) is 0 Å². The van der Waals surface area contributed by atoms with Crippen LogP contribution in [-0.2, 0) is 14.3 Å². The Morgan fingerprint density at radius 1 is 1.03 bits per heavy atom. The molecule has 1 heterocycles. The molecule has 0 saturated carbocycles. The first-order chi connectivity index (χ1) is 14.0. The van der Waals surface area contributed by atoms with Gasteiger partial charge in [-0.3, -0.25) is 9.89 Å². The third kappa shape index (κ3) is 4.86. The molecule has 148 valence electrons. The SMILES string of the molecule is COC(=O)c1ccc(C)c(NC(=O)COC(=O)c2cc(-c3ccccc3)n[nH]2)c1. The highest BCUT2D eigenvalue weighted by Gasteiger charge is 2.15.